The summed E-state index contributed by atoms with van der Waals surface area (Å²) >= 11 is 0. The SMILES string of the molecule is CC(=O)N[C@@H]1C[C@H](CC(C)C)O[C@H](c2cn[nH]c2-c2ccc(F)cc2)C1. The Labute approximate surface area is 153 Å². The molecule has 1 fully saturated rings. The number of aromatic amines is 1. The maximum absolute atomic E-state index is 13.2. The van der Waals surface area contributed by atoms with Gasteiger partial charge in [-0.3, -0.25) is 9.89 Å². The second-order valence-electron chi connectivity index (χ2n) is 7.45. The van der Waals surface area contributed by atoms with E-state index in [1.807, 2.05) is 0 Å². The molecule has 0 unspecified atom stereocenters. The predicted molar refractivity (Wildman–Crippen MR) is 97.9 cm³/mol. The van der Waals surface area contributed by atoms with Gasteiger partial charge in [0.25, 0.3) is 0 Å². The summed E-state index contributed by atoms with van der Waals surface area (Å²) in [6, 6.07) is 6.40. The molecule has 26 heavy (non-hydrogen) atoms. The molecule has 2 heterocycles. The van der Waals surface area contributed by atoms with E-state index < -0.39 is 0 Å². The number of H-pyrrole nitrogens is 1. The fourth-order valence-corrected chi connectivity index (χ4v) is 3.69. The zero-order chi connectivity index (χ0) is 18.7. The number of carbonyl (C=O) groups excluding carboxylic acids is 1. The summed E-state index contributed by atoms with van der Waals surface area (Å²) in [5, 5.41) is 10.2. The van der Waals surface area contributed by atoms with Crippen molar-refractivity contribution in [2.24, 2.45) is 5.92 Å². The van der Waals surface area contributed by atoms with Gasteiger partial charge in [-0.1, -0.05) is 13.8 Å². The Morgan fingerprint density at radius 3 is 2.73 bits per heavy atom. The number of hydrogen-bond acceptors (Lipinski definition) is 3. The molecule has 1 saturated heterocycles. The van der Waals surface area contributed by atoms with E-state index in [0.29, 0.717) is 12.3 Å². The number of halogens is 1. The second kappa shape index (κ2) is 7.99. The lowest BCUT2D eigenvalue weighted by Gasteiger charge is -2.36. The third-order valence-electron chi connectivity index (χ3n) is 4.69. The summed E-state index contributed by atoms with van der Waals surface area (Å²) in [6.45, 7) is 5.88. The molecule has 0 radical (unpaired) electrons. The Morgan fingerprint density at radius 2 is 2.08 bits per heavy atom. The highest BCUT2D eigenvalue weighted by Crippen LogP contribution is 2.37. The molecule has 140 valence electrons. The quantitative estimate of drug-likeness (QED) is 0.848. The molecular weight excluding hydrogens is 333 g/mol. The third kappa shape index (κ3) is 4.49. The molecular formula is C20H26FN3O2. The van der Waals surface area contributed by atoms with E-state index in [0.717, 1.165) is 29.7 Å². The van der Waals surface area contributed by atoms with Crippen molar-refractivity contribution in [2.75, 3.05) is 0 Å². The average Bonchev–Trinajstić information content (AvgIpc) is 3.03. The van der Waals surface area contributed by atoms with Gasteiger partial charge in [0.2, 0.25) is 5.91 Å². The number of nitrogens with zero attached hydrogens (tertiary/aromatic N) is 1. The summed E-state index contributed by atoms with van der Waals surface area (Å²) in [4.78, 5) is 11.5. The van der Waals surface area contributed by atoms with Crippen LogP contribution in [0.25, 0.3) is 11.3 Å². The number of amides is 1. The molecule has 1 aliphatic rings. The van der Waals surface area contributed by atoms with Crippen molar-refractivity contribution in [3.05, 3.63) is 41.8 Å². The van der Waals surface area contributed by atoms with Crippen LogP contribution in [0.1, 0.15) is 51.7 Å². The topological polar surface area (TPSA) is 67.0 Å². The molecule has 0 saturated carbocycles. The van der Waals surface area contributed by atoms with Crippen molar-refractivity contribution in [3.63, 3.8) is 0 Å². The Balaban J connectivity index is 1.85. The van der Waals surface area contributed by atoms with Crippen LogP contribution in [-0.4, -0.2) is 28.3 Å². The molecule has 3 rings (SSSR count). The largest absolute Gasteiger partial charge is 0.370 e. The molecule has 1 amide bonds. The van der Waals surface area contributed by atoms with Crippen molar-refractivity contribution in [2.45, 2.75) is 58.3 Å². The van der Waals surface area contributed by atoms with Crippen LogP contribution in [0.15, 0.2) is 30.5 Å². The van der Waals surface area contributed by atoms with Crippen LogP contribution in [-0.2, 0) is 9.53 Å². The van der Waals surface area contributed by atoms with Crippen LogP contribution < -0.4 is 5.32 Å². The van der Waals surface area contributed by atoms with E-state index in [-0.39, 0.29) is 30.0 Å². The number of carbonyl (C=O) groups is 1. The summed E-state index contributed by atoms with van der Waals surface area (Å²) in [6.07, 6.45) is 4.15. The molecule has 5 nitrogen and oxygen atoms in total. The normalized spacial score (nSPS) is 23.2. The zero-order valence-corrected chi connectivity index (χ0v) is 15.5. The number of nitrogens with one attached hydrogen (secondary N) is 2. The summed E-state index contributed by atoms with van der Waals surface area (Å²) in [7, 11) is 0. The lowest BCUT2D eigenvalue weighted by molar-refractivity contribution is -0.122. The van der Waals surface area contributed by atoms with E-state index in [1.54, 1.807) is 25.3 Å². The van der Waals surface area contributed by atoms with Gasteiger partial charge in [-0.25, -0.2) is 4.39 Å². The smallest absolute Gasteiger partial charge is 0.217 e. The zero-order valence-electron chi connectivity index (χ0n) is 15.5. The summed E-state index contributed by atoms with van der Waals surface area (Å²) in [5.41, 5.74) is 2.65. The predicted octanol–water partition coefficient (Wildman–Crippen LogP) is 3.99. The monoisotopic (exact) mass is 359 g/mol. The van der Waals surface area contributed by atoms with E-state index in [4.69, 9.17) is 4.74 Å². The standard InChI is InChI=1S/C20H26FN3O2/c1-12(2)8-17-9-16(23-13(3)25)10-19(26-17)18-11-22-24-20(18)14-4-6-15(21)7-5-14/h4-7,11-12,16-17,19H,8-10H2,1-3H3,(H,22,24)(H,23,25)/t16-,17+,19+/m1/s1. The first kappa shape index (κ1) is 18.6. The fraction of sp³-hybridized carbons (Fsp3) is 0.500. The average molecular weight is 359 g/mol. The van der Waals surface area contributed by atoms with E-state index in [1.165, 1.54) is 12.1 Å². The molecule has 3 atom stereocenters. The van der Waals surface area contributed by atoms with E-state index >= 15 is 0 Å². The lowest BCUT2D eigenvalue weighted by atomic mass is 9.90. The summed E-state index contributed by atoms with van der Waals surface area (Å²) in [5.74, 6) is 0.217. The molecule has 6 heteroatoms. The molecule has 0 aliphatic carbocycles. The first-order valence-electron chi connectivity index (χ1n) is 9.14. The minimum atomic E-state index is -0.272. The first-order valence-corrected chi connectivity index (χ1v) is 9.14. The Bertz CT molecular complexity index is 742. The van der Waals surface area contributed by atoms with Gasteiger partial charge in [0.05, 0.1) is 24.1 Å². The highest BCUT2D eigenvalue weighted by atomic mass is 19.1. The van der Waals surface area contributed by atoms with Gasteiger partial charge in [-0.05, 0) is 49.4 Å². The molecule has 1 aromatic heterocycles. The molecule has 1 aliphatic heterocycles. The number of rotatable bonds is 5. The Kier molecular flexibility index (Phi) is 5.71. The van der Waals surface area contributed by atoms with Crippen LogP contribution in [0.2, 0.25) is 0 Å². The first-order chi connectivity index (χ1) is 12.4. The molecule has 2 aromatic rings. The molecule has 2 N–H and O–H groups in total. The Morgan fingerprint density at radius 1 is 1.35 bits per heavy atom. The van der Waals surface area contributed by atoms with E-state index in [2.05, 4.69) is 29.4 Å². The van der Waals surface area contributed by atoms with Crippen molar-refractivity contribution < 1.29 is 13.9 Å². The van der Waals surface area contributed by atoms with Crippen LogP contribution in [0.4, 0.5) is 4.39 Å². The van der Waals surface area contributed by atoms with Gasteiger partial charge < -0.3 is 10.1 Å². The van der Waals surface area contributed by atoms with Gasteiger partial charge in [0.15, 0.2) is 0 Å². The van der Waals surface area contributed by atoms with Crippen LogP contribution in [0.3, 0.4) is 0 Å². The molecule has 0 spiro atoms. The maximum Gasteiger partial charge on any atom is 0.217 e. The van der Waals surface area contributed by atoms with E-state index in [9.17, 15) is 9.18 Å². The van der Waals surface area contributed by atoms with Crippen LogP contribution in [0, 0.1) is 11.7 Å². The minimum absolute atomic E-state index is 0.0232. The maximum atomic E-state index is 13.2. The number of aromatic nitrogens is 2. The van der Waals surface area contributed by atoms with Crippen molar-refractivity contribution in [3.8, 4) is 11.3 Å². The number of benzene rings is 1. The van der Waals surface area contributed by atoms with Crippen molar-refractivity contribution in [1.29, 1.82) is 0 Å². The lowest BCUT2D eigenvalue weighted by Crippen LogP contribution is -2.42. The van der Waals surface area contributed by atoms with Gasteiger partial charge in [-0.2, -0.15) is 5.10 Å². The van der Waals surface area contributed by atoms with Gasteiger partial charge in [0.1, 0.15) is 5.82 Å². The minimum Gasteiger partial charge on any atom is -0.370 e. The molecule has 1 aromatic carbocycles. The van der Waals surface area contributed by atoms with Crippen molar-refractivity contribution >= 4 is 5.91 Å². The van der Waals surface area contributed by atoms with Crippen LogP contribution in [0.5, 0.6) is 0 Å². The van der Waals surface area contributed by atoms with Gasteiger partial charge in [0, 0.05) is 24.1 Å². The highest BCUT2D eigenvalue weighted by Gasteiger charge is 2.33. The fourth-order valence-electron chi connectivity index (χ4n) is 3.69. The van der Waals surface area contributed by atoms with Gasteiger partial charge >= 0.3 is 0 Å². The van der Waals surface area contributed by atoms with Crippen LogP contribution >= 0.6 is 0 Å². The summed E-state index contributed by atoms with van der Waals surface area (Å²) < 4.78 is 19.6. The number of hydrogen-bond donors (Lipinski definition) is 2. The second-order valence-corrected chi connectivity index (χ2v) is 7.45. The third-order valence-corrected chi connectivity index (χ3v) is 4.69. The van der Waals surface area contributed by atoms with Gasteiger partial charge in [-0.15, -0.1) is 0 Å². The van der Waals surface area contributed by atoms with Crippen molar-refractivity contribution in [1.82, 2.24) is 15.5 Å². The Hall–Kier alpha value is -2.21. The molecule has 0 bridgehead atoms. The number of ether oxygens (including phenoxy) is 1. The highest BCUT2D eigenvalue weighted by molar-refractivity contribution is 5.73.